The van der Waals surface area contributed by atoms with Crippen LogP contribution in [0, 0.1) is 0 Å². The number of carboxylic acid groups (broad SMARTS) is 1. The highest BCUT2D eigenvalue weighted by Gasteiger charge is 2.07. The molecule has 17 heavy (non-hydrogen) atoms. The topological polar surface area (TPSA) is 91.7 Å². The van der Waals surface area contributed by atoms with Gasteiger partial charge in [-0.05, 0) is 12.8 Å². The Morgan fingerprint density at radius 2 is 1.59 bits per heavy atom. The Hall–Kier alpha value is -0.920. The quantitative estimate of drug-likeness (QED) is 0.433. The summed E-state index contributed by atoms with van der Waals surface area (Å²) in [7, 11) is 4.52. The highest BCUT2D eigenvalue weighted by Crippen LogP contribution is 2.03. The molecule has 0 unspecified atom stereocenters. The molecule has 0 amide bonds. The van der Waals surface area contributed by atoms with E-state index in [0.29, 0.717) is 0 Å². The van der Waals surface area contributed by atoms with E-state index < -0.39 is 21.8 Å². The van der Waals surface area contributed by atoms with Crippen molar-refractivity contribution in [1.29, 1.82) is 0 Å². The molecule has 0 aromatic heterocycles. The minimum atomic E-state index is -3.98. The van der Waals surface area contributed by atoms with E-state index >= 15 is 0 Å². The molecule has 0 saturated carbocycles. The Morgan fingerprint density at radius 3 is 1.82 bits per heavy atom. The molecular weight excluding hydrogens is 246 g/mol. The average Bonchev–Trinajstić information content (AvgIpc) is 1.97. The van der Waals surface area contributed by atoms with Crippen molar-refractivity contribution >= 4 is 16.1 Å². The summed E-state index contributed by atoms with van der Waals surface area (Å²) in [6.45, 7) is 3.20. The van der Waals surface area contributed by atoms with E-state index in [0.717, 1.165) is 4.48 Å². The molecular formula is C10H22NO5S+. The first kappa shape index (κ1) is 18.4. The largest absolute Gasteiger partial charge is 0.478 e. The van der Waals surface area contributed by atoms with Crippen molar-refractivity contribution in [2.75, 3.05) is 33.9 Å². The van der Waals surface area contributed by atoms with E-state index in [1.54, 1.807) is 0 Å². The van der Waals surface area contributed by atoms with Crippen LogP contribution in [0.3, 0.4) is 0 Å². The van der Waals surface area contributed by atoms with Gasteiger partial charge in [0.2, 0.25) is 0 Å². The highest BCUT2D eigenvalue weighted by molar-refractivity contribution is 7.85. The van der Waals surface area contributed by atoms with E-state index in [2.05, 4.69) is 34.8 Å². The molecule has 0 bridgehead atoms. The maximum Gasteiger partial charge on any atom is 0.330 e. The Bertz CT molecular complexity index is 347. The van der Waals surface area contributed by atoms with Crippen LogP contribution in [0.25, 0.3) is 0 Å². The molecule has 0 aliphatic rings. The number of nitrogens with zero attached hydrogens (tertiary/aromatic N) is 1. The standard InChI is InChI=1S/C6H10O5S.C4H12N/c1-5(6(7)8)3-2-4-12(9,10)11;1-5(2,3)4/h1-4H2,(H,7,8)(H,9,10,11);1-4H3/q;+1. The fraction of sp³-hybridized carbons (Fsp3) is 0.700. The van der Waals surface area contributed by atoms with Gasteiger partial charge in [-0.25, -0.2) is 4.79 Å². The van der Waals surface area contributed by atoms with Gasteiger partial charge in [-0.1, -0.05) is 6.58 Å². The van der Waals surface area contributed by atoms with Crippen molar-refractivity contribution < 1.29 is 27.4 Å². The number of carboxylic acids is 1. The Morgan fingerprint density at radius 1 is 1.24 bits per heavy atom. The monoisotopic (exact) mass is 268 g/mol. The van der Waals surface area contributed by atoms with Gasteiger partial charge in [0.05, 0.1) is 33.9 Å². The highest BCUT2D eigenvalue weighted by atomic mass is 32.2. The van der Waals surface area contributed by atoms with Crippen molar-refractivity contribution in [3.8, 4) is 0 Å². The van der Waals surface area contributed by atoms with Crippen molar-refractivity contribution in [3.05, 3.63) is 12.2 Å². The van der Waals surface area contributed by atoms with Gasteiger partial charge >= 0.3 is 5.97 Å². The fourth-order valence-electron chi connectivity index (χ4n) is 0.575. The van der Waals surface area contributed by atoms with Crippen LogP contribution in [0.2, 0.25) is 0 Å². The van der Waals surface area contributed by atoms with E-state index in [-0.39, 0.29) is 18.4 Å². The number of rotatable bonds is 5. The number of hydrogen-bond acceptors (Lipinski definition) is 3. The lowest BCUT2D eigenvalue weighted by Gasteiger charge is -2.14. The summed E-state index contributed by atoms with van der Waals surface area (Å²) in [5, 5.41) is 8.30. The Kier molecular flexibility index (Phi) is 8.04. The second-order valence-corrected chi connectivity index (χ2v) is 6.55. The van der Waals surface area contributed by atoms with Gasteiger partial charge in [-0.15, -0.1) is 0 Å². The third-order valence-electron chi connectivity index (χ3n) is 1.18. The molecule has 6 nitrogen and oxygen atoms in total. The number of aliphatic carboxylic acids is 1. The Balaban J connectivity index is 0. The Labute approximate surface area is 103 Å². The molecule has 0 fully saturated rings. The van der Waals surface area contributed by atoms with E-state index in [9.17, 15) is 13.2 Å². The maximum atomic E-state index is 10.2. The third kappa shape index (κ3) is 25.4. The second kappa shape index (κ2) is 7.41. The van der Waals surface area contributed by atoms with Gasteiger partial charge in [0.15, 0.2) is 0 Å². The molecule has 0 saturated heterocycles. The first-order valence-corrected chi connectivity index (χ1v) is 6.59. The average molecular weight is 268 g/mol. The first-order chi connectivity index (χ1) is 7.33. The predicted octanol–water partition coefficient (Wildman–Crippen LogP) is 0.618. The zero-order valence-corrected chi connectivity index (χ0v) is 11.6. The minimum Gasteiger partial charge on any atom is -0.478 e. The molecule has 0 radical (unpaired) electrons. The number of hydrogen-bond donors (Lipinski definition) is 2. The predicted molar refractivity (Wildman–Crippen MR) is 66.4 cm³/mol. The fourth-order valence-corrected chi connectivity index (χ4v) is 1.08. The normalized spacial score (nSPS) is 11.4. The molecule has 0 aliphatic carbocycles. The van der Waals surface area contributed by atoms with Crippen molar-refractivity contribution in [1.82, 2.24) is 0 Å². The van der Waals surface area contributed by atoms with Gasteiger partial charge in [-0.2, -0.15) is 8.42 Å². The van der Waals surface area contributed by atoms with Gasteiger partial charge in [0, 0.05) is 5.57 Å². The summed E-state index contributed by atoms with van der Waals surface area (Å²) >= 11 is 0. The molecule has 7 heteroatoms. The van der Waals surface area contributed by atoms with E-state index in [1.165, 1.54) is 0 Å². The zero-order valence-electron chi connectivity index (χ0n) is 10.8. The lowest BCUT2D eigenvalue weighted by atomic mass is 10.2. The SMILES string of the molecule is C=C(CCCS(=O)(=O)O)C(=O)O.C[N+](C)(C)C. The smallest absolute Gasteiger partial charge is 0.330 e. The van der Waals surface area contributed by atoms with Gasteiger partial charge in [0.1, 0.15) is 0 Å². The summed E-state index contributed by atoms with van der Waals surface area (Å²) in [4.78, 5) is 10.1. The first-order valence-electron chi connectivity index (χ1n) is 4.98. The van der Waals surface area contributed by atoms with Crippen molar-refractivity contribution in [2.24, 2.45) is 0 Å². The summed E-state index contributed by atoms with van der Waals surface area (Å²) < 4.78 is 29.6. The van der Waals surface area contributed by atoms with Crippen LogP contribution in [-0.2, 0) is 14.9 Å². The second-order valence-electron chi connectivity index (χ2n) is 4.98. The van der Waals surface area contributed by atoms with Gasteiger partial charge < -0.3 is 9.59 Å². The van der Waals surface area contributed by atoms with Gasteiger partial charge in [0.25, 0.3) is 10.1 Å². The van der Waals surface area contributed by atoms with Crippen LogP contribution in [0.15, 0.2) is 12.2 Å². The van der Waals surface area contributed by atoms with Crippen molar-refractivity contribution in [3.63, 3.8) is 0 Å². The summed E-state index contributed by atoms with van der Waals surface area (Å²) in [6, 6.07) is 0. The molecule has 0 rings (SSSR count). The lowest BCUT2D eigenvalue weighted by Crippen LogP contribution is -2.27. The summed E-state index contributed by atoms with van der Waals surface area (Å²) in [5.41, 5.74) is -0.0568. The molecule has 0 heterocycles. The van der Waals surface area contributed by atoms with Crippen LogP contribution in [0.1, 0.15) is 12.8 Å². The van der Waals surface area contributed by atoms with E-state index in [4.69, 9.17) is 9.66 Å². The summed E-state index contributed by atoms with van der Waals surface area (Å²) in [5.74, 6) is -1.58. The lowest BCUT2D eigenvalue weighted by molar-refractivity contribution is -0.849. The van der Waals surface area contributed by atoms with Crippen LogP contribution < -0.4 is 0 Å². The molecule has 102 valence electrons. The zero-order chi connectivity index (χ0) is 14.3. The van der Waals surface area contributed by atoms with Crippen LogP contribution >= 0.6 is 0 Å². The van der Waals surface area contributed by atoms with Crippen LogP contribution in [0.4, 0.5) is 0 Å². The molecule has 0 aliphatic heterocycles. The van der Waals surface area contributed by atoms with Gasteiger partial charge in [-0.3, -0.25) is 4.55 Å². The summed E-state index contributed by atoms with van der Waals surface area (Å²) in [6.07, 6.45) is 0.138. The maximum absolute atomic E-state index is 10.2. The molecule has 0 aromatic carbocycles. The third-order valence-corrected chi connectivity index (χ3v) is 1.99. The van der Waals surface area contributed by atoms with Crippen molar-refractivity contribution in [2.45, 2.75) is 12.8 Å². The number of carbonyl (C=O) groups is 1. The number of quaternary nitrogens is 1. The minimum absolute atomic E-state index is 0.0568. The van der Waals surface area contributed by atoms with E-state index in [1.807, 2.05) is 0 Å². The van der Waals surface area contributed by atoms with Crippen LogP contribution in [0.5, 0.6) is 0 Å². The molecule has 0 spiro atoms. The molecule has 0 aromatic rings. The molecule has 0 atom stereocenters. The molecule has 2 N–H and O–H groups in total. The van der Waals surface area contributed by atoms with Crippen LogP contribution in [-0.4, -0.2) is 62.5 Å².